The van der Waals surface area contributed by atoms with Crippen molar-refractivity contribution in [2.24, 2.45) is 0 Å². The van der Waals surface area contributed by atoms with E-state index in [0.717, 1.165) is 5.56 Å². The molecule has 1 N–H and O–H groups in total. The number of methoxy groups -OCH3 is 1. The van der Waals surface area contributed by atoms with Gasteiger partial charge in [0.1, 0.15) is 0 Å². The van der Waals surface area contributed by atoms with E-state index in [1.165, 1.54) is 11.5 Å². The third-order valence-corrected chi connectivity index (χ3v) is 6.80. The number of anilines is 1. The van der Waals surface area contributed by atoms with Crippen molar-refractivity contribution in [2.75, 3.05) is 12.4 Å². The van der Waals surface area contributed by atoms with Crippen molar-refractivity contribution in [3.63, 3.8) is 0 Å². The minimum atomic E-state index is -3.45. The van der Waals surface area contributed by atoms with Crippen molar-refractivity contribution in [3.05, 3.63) is 83.5 Å². The number of imidazole rings is 1. The summed E-state index contributed by atoms with van der Waals surface area (Å²) in [5.74, 6) is 0.322. The summed E-state index contributed by atoms with van der Waals surface area (Å²) in [7, 11) is -1.87. The largest absolute Gasteiger partial charge is 0.493 e. The number of nitrogens with one attached hydrogen (secondary N) is 1. The number of benzene rings is 2. The quantitative estimate of drug-likeness (QED) is 0.502. The molecule has 8 heteroatoms. The van der Waals surface area contributed by atoms with Gasteiger partial charge >= 0.3 is 0 Å². The van der Waals surface area contributed by atoms with Crippen molar-refractivity contribution in [3.8, 4) is 17.0 Å². The Bertz CT molecular complexity index is 1490. The molecule has 3 heterocycles. The molecule has 2 aromatic carbocycles. The molecule has 0 fully saturated rings. The van der Waals surface area contributed by atoms with Gasteiger partial charge in [0.15, 0.2) is 11.4 Å². The molecule has 1 amide bonds. The summed E-state index contributed by atoms with van der Waals surface area (Å²) in [5.41, 5.74) is 3.93. The van der Waals surface area contributed by atoms with Crippen LogP contribution in [0.15, 0.2) is 77.2 Å². The van der Waals surface area contributed by atoms with E-state index in [0.29, 0.717) is 34.0 Å². The number of rotatable bonds is 5. The number of carbonyl (C=O) groups is 1. The number of aromatic nitrogens is 2. The Labute approximate surface area is 184 Å². The first-order valence-electron chi connectivity index (χ1n) is 9.93. The number of hydrogen-bond acceptors (Lipinski definition) is 5. The number of ether oxygens (including phenoxy) is 1. The minimum absolute atomic E-state index is 0.0423. The zero-order valence-electron chi connectivity index (χ0n) is 17.1. The van der Waals surface area contributed by atoms with Gasteiger partial charge in [-0.25, -0.2) is 13.4 Å². The van der Waals surface area contributed by atoms with Crippen LogP contribution in [0.1, 0.15) is 11.3 Å². The molecule has 0 aliphatic carbocycles. The molecule has 160 valence electrons. The Morgan fingerprint density at radius 2 is 1.91 bits per heavy atom. The Morgan fingerprint density at radius 1 is 1.09 bits per heavy atom. The number of fused-ring (bicyclic) bond motifs is 2. The number of amides is 1. The van der Waals surface area contributed by atoms with Crippen LogP contribution < -0.4 is 10.1 Å². The van der Waals surface area contributed by atoms with Gasteiger partial charge in [-0.3, -0.25) is 9.20 Å². The molecular formula is C24H19N3O4S. The maximum atomic E-state index is 13.0. The van der Waals surface area contributed by atoms with Crippen molar-refractivity contribution in [1.82, 2.24) is 9.38 Å². The second-order valence-electron chi connectivity index (χ2n) is 7.37. The van der Waals surface area contributed by atoms with Gasteiger partial charge in [-0.05, 0) is 35.9 Å². The zero-order chi connectivity index (χ0) is 22.3. The molecule has 5 rings (SSSR count). The number of hydrogen-bond donors (Lipinski definition) is 1. The molecule has 7 nitrogen and oxygen atoms in total. The molecule has 0 atom stereocenters. The van der Waals surface area contributed by atoms with Gasteiger partial charge in [-0.1, -0.05) is 36.4 Å². The van der Waals surface area contributed by atoms with Crippen LogP contribution in [0.4, 0.5) is 5.69 Å². The summed E-state index contributed by atoms with van der Waals surface area (Å²) in [6, 6.07) is 18.1. The third kappa shape index (κ3) is 3.44. The van der Waals surface area contributed by atoms with Crippen LogP contribution in [0.5, 0.6) is 5.75 Å². The standard InChI is InChI=1S/C24H19N3O4S/c1-31-20-8-5-12-27-19(23(26-24(20)27)17-6-3-2-4-7-17)15-22(28)25-18-10-9-16-11-13-32(29,30)21(16)14-18/h2-14H,15H2,1H3,(H,25,28). The van der Waals surface area contributed by atoms with Crippen LogP contribution in [0.3, 0.4) is 0 Å². The highest BCUT2D eigenvalue weighted by Crippen LogP contribution is 2.31. The van der Waals surface area contributed by atoms with Gasteiger partial charge < -0.3 is 10.1 Å². The molecule has 32 heavy (non-hydrogen) atoms. The molecule has 1 aliphatic rings. The highest BCUT2D eigenvalue weighted by atomic mass is 32.2. The fourth-order valence-electron chi connectivity index (χ4n) is 3.84. The summed E-state index contributed by atoms with van der Waals surface area (Å²) < 4.78 is 31.6. The molecular weight excluding hydrogens is 426 g/mol. The molecule has 0 unspecified atom stereocenters. The molecule has 0 saturated carbocycles. The smallest absolute Gasteiger partial charge is 0.230 e. The van der Waals surface area contributed by atoms with Crippen LogP contribution in [-0.4, -0.2) is 30.8 Å². The van der Waals surface area contributed by atoms with E-state index in [1.807, 2.05) is 53.1 Å². The summed E-state index contributed by atoms with van der Waals surface area (Å²) in [6.07, 6.45) is 3.43. The van der Waals surface area contributed by atoms with Crippen LogP contribution in [0.2, 0.25) is 0 Å². The number of carbonyl (C=O) groups excluding carboxylic acids is 1. The lowest BCUT2D eigenvalue weighted by Gasteiger charge is -2.09. The average molecular weight is 446 g/mol. The van der Waals surface area contributed by atoms with Crippen molar-refractivity contribution in [2.45, 2.75) is 11.3 Å². The summed E-state index contributed by atoms with van der Waals surface area (Å²) >= 11 is 0. The Balaban J connectivity index is 1.51. The molecule has 0 saturated heterocycles. The number of sulfone groups is 1. The van der Waals surface area contributed by atoms with Gasteiger partial charge in [0.05, 0.1) is 29.8 Å². The normalized spacial score (nSPS) is 13.8. The van der Waals surface area contributed by atoms with E-state index in [2.05, 4.69) is 5.32 Å². The van der Waals surface area contributed by atoms with E-state index in [4.69, 9.17) is 9.72 Å². The maximum absolute atomic E-state index is 13.0. The van der Waals surface area contributed by atoms with Gasteiger partial charge in [-0.15, -0.1) is 0 Å². The van der Waals surface area contributed by atoms with E-state index in [1.54, 1.807) is 25.3 Å². The second kappa shape index (κ2) is 7.65. The minimum Gasteiger partial charge on any atom is -0.493 e. The van der Waals surface area contributed by atoms with Crippen LogP contribution >= 0.6 is 0 Å². The fourth-order valence-corrected chi connectivity index (χ4v) is 5.06. The monoisotopic (exact) mass is 445 g/mol. The average Bonchev–Trinajstić information content (AvgIpc) is 3.31. The number of nitrogens with zero attached hydrogens (tertiary/aromatic N) is 2. The lowest BCUT2D eigenvalue weighted by molar-refractivity contribution is -0.115. The van der Waals surface area contributed by atoms with Crippen LogP contribution in [0.25, 0.3) is 23.0 Å². The Hall–Kier alpha value is -3.91. The van der Waals surface area contributed by atoms with E-state index < -0.39 is 9.84 Å². The second-order valence-corrected chi connectivity index (χ2v) is 9.17. The molecule has 0 radical (unpaired) electrons. The van der Waals surface area contributed by atoms with E-state index >= 15 is 0 Å². The first kappa shape index (κ1) is 20.0. The Kier molecular flexibility index (Phi) is 4.79. The molecule has 1 aliphatic heterocycles. The lowest BCUT2D eigenvalue weighted by atomic mass is 10.1. The van der Waals surface area contributed by atoms with Crippen LogP contribution in [0, 0.1) is 0 Å². The zero-order valence-corrected chi connectivity index (χ0v) is 18.0. The van der Waals surface area contributed by atoms with Gasteiger partial charge in [0.2, 0.25) is 15.7 Å². The SMILES string of the molecule is COc1cccn2c(CC(=O)Nc3ccc4c(c3)S(=O)(=O)C=C4)c(-c3ccccc3)nc12. The van der Waals surface area contributed by atoms with Gasteiger partial charge in [0.25, 0.3) is 0 Å². The lowest BCUT2D eigenvalue weighted by Crippen LogP contribution is -2.16. The van der Waals surface area contributed by atoms with Crippen molar-refractivity contribution in [1.29, 1.82) is 0 Å². The molecule has 0 spiro atoms. The van der Waals surface area contributed by atoms with Gasteiger partial charge in [0, 0.05) is 22.9 Å². The van der Waals surface area contributed by atoms with E-state index in [9.17, 15) is 13.2 Å². The Morgan fingerprint density at radius 3 is 2.69 bits per heavy atom. The number of pyridine rings is 1. The summed E-state index contributed by atoms with van der Waals surface area (Å²) in [4.78, 5) is 17.9. The first-order valence-corrected chi connectivity index (χ1v) is 11.5. The molecule has 2 aromatic heterocycles. The predicted molar refractivity (Wildman–Crippen MR) is 122 cm³/mol. The summed E-state index contributed by atoms with van der Waals surface area (Å²) in [5, 5.41) is 3.98. The van der Waals surface area contributed by atoms with Crippen molar-refractivity contribution < 1.29 is 17.9 Å². The topological polar surface area (TPSA) is 89.8 Å². The van der Waals surface area contributed by atoms with Gasteiger partial charge in [-0.2, -0.15) is 0 Å². The van der Waals surface area contributed by atoms with Crippen LogP contribution in [-0.2, 0) is 21.1 Å². The highest BCUT2D eigenvalue weighted by Gasteiger charge is 2.22. The predicted octanol–water partition coefficient (Wildman–Crippen LogP) is 3.95. The third-order valence-electron chi connectivity index (χ3n) is 5.34. The van der Waals surface area contributed by atoms with Crippen molar-refractivity contribution >= 4 is 33.2 Å². The summed E-state index contributed by atoms with van der Waals surface area (Å²) in [6.45, 7) is 0. The maximum Gasteiger partial charge on any atom is 0.230 e. The highest BCUT2D eigenvalue weighted by molar-refractivity contribution is 7.94. The molecule has 0 bridgehead atoms. The molecule has 4 aromatic rings. The fraction of sp³-hybridized carbons (Fsp3) is 0.0833. The van der Waals surface area contributed by atoms with E-state index in [-0.39, 0.29) is 17.2 Å². The first-order chi connectivity index (χ1) is 15.5.